The summed E-state index contributed by atoms with van der Waals surface area (Å²) < 4.78 is 10.9. The van der Waals surface area contributed by atoms with Crippen molar-refractivity contribution in [2.45, 2.75) is 13.5 Å². The van der Waals surface area contributed by atoms with Crippen LogP contribution in [0.2, 0.25) is 0 Å². The van der Waals surface area contributed by atoms with Gasteiger partial charge in [-0.25, -0.2) is 0 Å². The Hall–Kier alpha value is -3.28. The maximum absolute atomic E-state index is 12.3. The highest BCUT2D eigenvalue weighted by molar-refractivity contribution is 5.92. The number of anilines is 2. The molecule has 3 aromatic rings. The Morgan fingerprint density at radius 1 is 1.12 bits per heavy atom. The van der Waals surface area contributed by atoms with Gasteiger partial charge in [0.1, 0.15) is 5.75 Å². The predicted molar refractivity (Wildman–Crippen MR) is 95.1 cm³/mol. The molecule has 0 saturated carbocycles. The molecule has 1 heterocycles. The second-order valence-electron chi connectivity index (χ2n) is 5.43. The van der Waals surface area contributed by atoms with E-state index in [2.05, 4.69) is 15.6 Å². The molecule has 0 fully saturated rings. The van der Waals surface area contributed by atoms with Gasteiger partial charge >= 0.3 is 0 Å². The minimum Gasteiger partial charge on any atom is -0.495 e. The molecule has 0 spiro atoms. The van der Waals surface area contributed by atoms with Gasteiger partial charge in [0, 0.05) is 6.54 Å². The molecule has 0 aliphatic carbocycles. The topological polar surface area (TPSA) is 76.4 Å². The molecule has 0 aliphatic rings. The van der Waals surface area contributed by atoms with Crippen LogP contribution in [0.15, 0.2) is 59.0 Å². The van der Waals surface area contributed by atoms with Crippen molar-refractivity contribution in [2.75, 3.05) is 12.4 Å². The SMILES string of the molecule is COc1ccccc1Nc1nc(C)c(C(=O)NCc2ccccc2)o1. The van der Waals surface area contributed by atoms with Crippen molar-refractivity contribution in [1.29, 1.82) is 0 Å². The Morgan fingerprint density at radius 3 is 2.60 bits per heavy atom. The highest BCUT2D eigenvalue weighted by Gasteiger charge is 2.18. The van der Waals surface area contributed by atoms with Crippen molar-refractivity contribution < 1.29 is 13.9 Å². The molecule has 25 heavy (non-hydrogen) atoms. The average molecular weight is 337 g/mol. The zero-order valence-corrected chi connectivity index (χ0v) is 14.1. The van der Waals surface area contributed by atoms with Gasteiger partial charge in [-0.05, 0) is 24.6 Å². The van der Waals surface area contributed by atoms with Gasteiger partial charge in [0.05, 0.1) is 18.5 Å². The number of oxazole rings is 1. The van der Waals surface area contributed by atoms with Gasteiger partial charge in [0.2, 0.25) is 5.76 Å². The van der Waals surface area contributed by atoms with E-state index >= 15 is 0 Å². The molecular formula is C19H19N3O3. The number of hydrogen-bond donors (Lipinski definition) is 2. The van der Waals surface area contributed by atoms with E-state index in [4.69, 9.17) is 9.15 Å². The van der Waals surface area contributed by atoms with Gasteiger partial charge < -0.3 is 19.8 Å². The normalized spacial score (nSPS) is 10.3. The van der Waals surface area contributed by atoms with Crippen LogP contribution in [0.1, 0.15) is 21.8 Å². The minimum absolute atomic E-state index is 0.188. The van der Waals surface area contributed by atoms with Crippen LogP contribution in [0, 0.1) is 6.92 Å². The van der Waals surface area contributed by atoms with Gasteiger partial charge in [-0.15, -0.1) is 0 Å². The molecule has 2 N–H and O–H groups in total. The highest BCUT2D eigenvalue weighted by atomic mass is 16.5. The second kappa shape index (κ2) is 7.53. The van der Waals surface area contributed by atoms with Gasteiger partial charge in [0.15, 0.2) is 0 Å². The summed E-state index contributed by atoms with van der Waals surface area (Å²) in [6.07, 6.45) is 0. The number of ether oxygens (including phenoxy) is 1. The van der Waals surface area contributed by atoms with Crippen LogP contribution >= 0.6 is 0 Å². The van der Waals surface area contributed by atoms with Crippen LogP contribution in [-0.4, -0.2) is 18.0 Å². The highest BCUT2D eigenvalue weighted by Crippen LogP contribution is 2.27. The lowest BCUT2D eigenvalue weighted by atomic mass is 10.2. The number of carbonyl (C=O) groups excluding carboxylic acids is 1. The third-order valence-corrected chi connectivity index (χ3v) is 3.65. The lowest BCUT2D eigenvalue weighted by Crippen LogP contribution is -2.22. The first-order valence-electron chi connectivity index (χ1n) is 7.87. The van der Waals surface area contributed by atoms with E-state index in [1.54, 1.807) is 14.0 Å². The van der Waals surface area contributed by atoms with Crippen LogP contribution in [0.5, 0.6) is 5.75 Å². The van der Waals surface area contributed by atoms with Crippen molar-refractivity contribution >= 4 is 17.6 Å². The molecule has 0 bridgehead atoms. The molecule has 0 saturated heterocycles. The fraction of sp³-hybridized carbons (Fsp3) is 0.158. The molecule has 128 valence electrons. The summed E-state index contributed by atoms with van der Waals surface area (Å²) in [5.41, 5.74) is 2.24. The summed E-state index contributed by atoms with van der Waals surface area (Å²) in [4.78, 5) is 16.6. The van der Waals surface area contributed by atoms with E-state index in [0.717, 1.165) is 5.56 Å². The summed E-state index contributed by atoms with van der Waals surface area (Å²) in [7, 11) is 1.59. The zero-order valence-electron chi connectivity index (χ0n) is 14.1. The molecule has 0 aliphatic heterocycles. The minimum atomic E-state index is -0.304. The van der Waals surface area contributed by atoms with Crippen molar-refractivity contribution in [3.8, 4) is 5.75 Å². The zero-order chi connectivity index (χ0) is 17.6. The van der Waals surface area contributed by atoms with E-state index in [9.17, 15) is 4.79 Å². The summed E-state index contributed by atoms with van der Waals surface area (Å²) in [5.74, 6) is 0.545. The number of amides is 1. The van der Waals surface area contributed by atoms with E-state index in [1.165, 1.54) is 0 Å². The second-order valence-corrected chi connectivity index (χ2v) is 5.43. The molecule has 6 heteroatoms. The Kier molecular flexibility index (Phi) is 4.99. The van der Waals surface area contributed by atoms with E-state index in [1.807, 2.05) is 54.6 Å². The third-order valence-electron chi connectivity index (χ3n) is 3.65. The number of aryl methyl sites for hydroxylation is 1. The van der Waals surface area contributed by atoms with Crippen LogP contribution in [-0.2, 0) is 6.54 Å². The number of carbonyl (C=O) groups is 1. The van der Waals surface area contributed by atoms with Crippen molar-refractivity contribution in [1.82, 2.24) is 10.3 Å². The fourth-order valence-corrected chi connectivity index (χ4v) is 2.38. The summed E-state index contributed by atoms with van der Waals surface area (Å²) in [5, 5.41) is 5.86. The number of rotatable bonds is 6. The van der Waals surface area contributed by atoms with Gasteiger partial charge in [-0.1, -0.05) is 42.5 Å². The van der Waals surface area contributed by atoms with Crippen LogP contribution in [0.4, 0.5) is 11.7 Å². The number of para-hydroxylation sites is 2. The predicted octanol–water partition coefficient (Wildman–Crippen LogP) is 3.67. The standard InChI is InChI=1S/C19H19N3O3/c1-13-17(18(23)20-12-14-8-4-3-5-9-14)25-19(21-13)22-15-10-6-7-11-16(15)24-2/h3-11H,12H2,1-2H3,(H,20,23)(H,21,22). The quantitative estimate of drug-likeness (QED) is 0.718. The molecule has 2 aromatic carbocycles. The first kappa shape index (κ1) is 16.6. The monoisotopic (exact) mass is 337 g/mol. The molecule has 1 aromatic heterocycles. The smallest absolute Gasteiger partial charge is 0.300 e. The van der Waals surface area contributed by atoms with Crippen molar-refractivity contribution in [3.05, 3.63) is 71.6 Å². The van der Waals surface area contributed by atoms with Gasteiger partial charge in [-0.2, -0.15) is 4.98 Å². The largest absolute Gasteiger partial charge is 0.495 e. The Labute approximate surface area is 145 Å². The number of hydrogen-bond acceptors (Lipinski definition) is 5. The number of aromatic nitrogens is 1. The number of benzene rings is 2. The van der Waals surface area contributed by atoms with Crippen LogP contribution in [0.3, 0.4) is 0 Å². The number of methoxy groups -OCH3 is 1. The van der Waals surface area contributed by atoms with E-state index in [-0.39, 0.29) is 17.7 Å². The van der Waals surface area contributed by atoms with Gasteiger partial charge in [-0.3, -0.25) is 4.79 Å². The average Bonchev–Trinajstić information content (AvgIpc) is 3.01. The fourth-order valence-electron chi connectivity index (χ4n) is 2.38. The first-order chi connectivity index (χ1) is 12.2. The Bertz CT molecular complexity index is 859. The lowest BCUT2D eigenvalue weighted by Gasteiger charge is -2.07. The summed E-state index contributed by atoms with van der Waals surface area (Å²) >= 11 is 0. The lowest BCUT2D eigenvalue weighted by molar-refractivity contribution is 0.0923. The first-order valence-corrected chi connectivity index (χ1v) is 7.87. The molecule has 3 rings (SSSR count). The summed E-state index contributed by atoms with van der Waals surface area (Å²) in [6, 6.07) is 17.3. The maximum atomic E-state index is 12.3. The van der Waals surface area contributed by atoms with Crippen molar-refractivity contribution in [2.24, 2.45) is 0 Å². The van der Waals surface area contributed by atoms with E-state index in [0.29, 0.717) is 23.7 Å². The molecule has 6 nitrogen and oxygen atoms in total. The van der Waals surface area contributed by atoms with Gasteiger partial charge in [0.25, 0.3) is 11.9 Å². The molecule has 0 radical (unpaired) electrons. The van der Waals surface area contributed by atoms with E-state index < -0.39 is 0 Å². The number of nitrogens with one attached hydrogen (secondary N) is 2. The molecule has 1 amide bonds. The van der Waals surface area contributed by atoms with Crippen LogP contribution < -0.4 is 15.4 Å². The summed E-state index contributed by atoms with van der Waals surface area (Å²) in [6.45, 7) is 2.16. The molecule has 0 unspecified atom stereocenters. The number of nitrogens with zero attached hydrogens (tertiary/aromatic N) is 1. The Balaban J connectivity index is 1.70. The van der Waals surface area contributed by atoms with Crippen molar-refractivity contribution in [3.63, 3.8) is 0 Å². The Morgan fingerprint density at radius 2 is 1.84 bits per heavy atom. The third kappa shape index (κ3) is 3.98. The molecule has 0 atom stereocenters. The van der Waals surface area contributed by atoms with Crippen LogP contribution in [0.25, 0.3) is 0 Å². The maximum Gasteiger partial charge on any atom is 0.300 e. The molecular weight excluding hydrogens is 318 g/mol.